The van der Waals surface area contributed by atoms with Gasteiger partial charge in [0.2, 0.25) is 0 Å². The molecule has 0 spiro atoms. The van der Waals surface area contributed by atoms with Crippen LogP contribution in [0.5, 0.6) is 0 Å². The number of hydrogen-bond donors (Lipinski definition) is 0. The zero-order chi connectivity index (χ0) is 9.10. The highest BCUT2D eigenvalue weighted by molar-refractivity contribution is 4.81. The fourth-order valence-corrected chi connectivity index (χ4v) is 2.80. The van der Waals surface area contributed by atoms with Crippen molar-refractivity contribution < 1.29 is 4.74 Å². The van der Waals surface area contributed by atoms with E-state index >= 15 is 0 Å². The van der Waals surface area contributed by atoms with Crippen molar-refractivity contribution in [2.24, 2.45) is 5.92 Å². The first-order chi connectivity index (χ1) is 6.40. The summed E-state index contributed by atoms with van der Waals surface area (Å²) in [6, 6.07) is 0. The van der Waals surface area contributed by atoms with Gasteiger partial charge in [-0.05, 0) is 44.7 Å². The average molecular weight is 183 g/mol. The highest BCUT2D eigenvalue weighted by atomic mass is 16.5. The topological polar surface area (TPSA) is 12.5 Å². The van der Waals surface area contributed by atoms with Crippen LogP contribution in [0, 0.1) is 5.92 Å². The van der Waals surface area contributed by atoms with E-state index in [9.17, 15) is 0 Å². The highest BCUT2D eigenvalue weighted by Crippen LogP contribution is 2.27. The van der Waals surface area contributed by atoms with E-state index in [1.807, 2.05) is 7.11 Å². The van der Waals surface area contributed by atoms with E-state index in [4.69, 9.17) is 4.74 Å². The van der Waals surface area contributed by atoms with Crippen LogP contribution in [-0.4, -0.2) is 37.7 Å². The minimum Gasteiger partial charge on any atom is -0.380 e. The fourth-order valence-electron chi connectivity index (χ4n) is 2.80. The molecule has 2 fully saturated rings. The Morgan fingerprint density at radius 3 is 2.69 bits per heavy atom. The predicted molar refractivity (Wildman–Crippen MR) is 53.8 cm³/mol. The van der Waals surface area contributed by atoms with Crippen LogP contribution >= 0.6 is 0 Å². The smallest absolute Gasteiger partial charge is 0.0726 e. The molecule has 0 saturated carbocycles. The maximum atomic E-state index is 5.60. The Balaban J connectivity index is 2.05. The summed E-state index contributed by atoms with van der Waals surface area (Å²) in [6.45, 7) is 3.78. The zero-order valence-corrected chi connectivity index (χ0v) is 8.67. The Morgan fingerprint density at radius 1 is 1.08 bits per heavy atom. The molecule has 2 saturated heterocycles. The lowest BCUT2D eigenvalue weighted by atomic mass is 9.91. The first kappa shape index (κ1) is 9.47. The Hall–Kier alpha value is -0.0800. The predicted octanol–water partition coefficient (Wildman–Crippen LogP) is 1.90. The molecule has 0 aromatic rings. The lowest BCUT2D eigenvalue weighted by Crippen LogP contribution is -2.37. The quantitative estimate of drug-likeness (QED) is 0.615. The van der Waals surface area contributed by atoms with Crippen molar-refractivity contribution in [3.8, 4) is 0 Å². The summed E-state index contributed by atoms with van der Waals surface area (Å²) in [5.74, 6) is 0.843. The van der Waals surface area contributed by atoms with Crippen molar-refractivity contribution in [3.05, 3.63) is 0 Å². The SMILES string of the molecule is COC1CN2CCCC[C@@H]1CCC2. The minimum absolute atomic E-state index is 0.516. The largest absolute Gasteiger partial charge is 0.380 e. The molecule has 2 aliphatic rings. The monoisotopic (exact) mass is 183 g/mol. The molecule has 2 nitrogen and oxygen atoms in total. The third-order valence-electron chi connectivity index (χ3n) is 3.62. The standard InChI is InChI=1S/C11H21NO/c1-13-11-9-12-7-3-2-5-10(11)6-4-8-12/h10-11H,2-9H2,1H3/t10-,11?/m1/s1. The van der Waals surface area contributed by atoms with E-state index in [1.54, 1.807) is 0 Å². The van der Waals surface area contributed by atoms with Gasteiger partial charge in [0.05, 0.1) is 6.10 Å². The number of rotatable bonds is 1. The fraction of sp³-hybridized carbons (Fsp3) is 1.00. The second-order valence-electron chi connectivity index (χ2n) is 4.47. The van der Waals surface area contributed by atoms with Gasteiger partial charge < -0.3 is 9.64 Å². The molecule has 0 aromatic heterocycles. The van der Waals surface area contributed by atoms with Crippen molar-refractivity contribution in [3.63, 3.8) is 0 Å². The van der Waals surface area contributed by atoms with E-state index < -0.39 is 0 Å². The van der Waals surface area contributed by atoms with Crippen LogP contribution in [0.15, 0.2) is 0 Å². The number of fused-ring (bicyclic) bond motifs is 3. The molecule has 13 heavy (non-hydrogen) atoms. The summed E-state index contributed by atoms with van der Waals surface area (Å²) in [5.41, 5.74) is 0. The van der Waals surface area contributed by atoms with Crippen molar-refractivity contribution in [2.75, 3.05) is 26.7 Å². The van der Waals surface area contributed by atoms with E-state index in [1.165, 1.54) is 51.7 Å². The molecule has 2 unspecified atom stereocenters. The van der Waals surface area contributed by atoms with E-state index in [0.29, 0.717) is 6.10 Å². The molecular weight excluding hydrogens is 162 g/mol. The Morgan fingerprint density at radius 2 is 1.85 bits per heavy atom. The van der Waals surface area contributed by atoms with E-state index in [-0.39, 0.29) is 0 Å². The Bertz CT molecular complexity index is 156. The number of nitrogens with zero attached hydrogens (tertiary/aromatic N) is 1. The number of ether oxygens (including phenoxy) is 1. The van der Waals surface area contributed by atoms with E-state index in [2.05, 4.69) is 4.90 Å². The van der Waals surface area contributed by atoms with Crippen LogP contribution in [0.2, 0.25) is 0 Å². The zero-order valence-electron chi connectivity index (χ0n) is 8.67. The molecule has 2 heterocycles. The lowest BCUT2D eigenvalue weighted by Gasteiger charge is -2.30. The molecule has 2 rings (SSSR count). The van der Waals surface area contributed by atoms with Gasteiger partial charge >= 0.3 is 0 Å². The third kappa shape index (κ3) is 2.23. The van der Waals surface area contributed by atoms with Gasteiger partial charge in [-0.3, -0.25) is 0 Å². The minimum atomic E-state index is 0.516. The summed E-state index contributed by atoms with van der Waals surface area (Å²) in [5, 5.41) is 0. The molecule has 0 amide bonds. The van der Waals surface area contributed by atoms with Gasteiger partial charge in [-0.15, -0.1) is 0 Å². The van der Waals surface area contributed by atoms with Crippen LogP contribution < -0.4 is 0 Å². The maximum absolute atomic E-state index is 5.60. The van der Waals surface area contributed by atoms with Gasteiger partial charge in [0.1, 0.15) is 0 Å². The molecule has 3 atom stereocenters. The summed E-state index contributed by atoms with van der Waals surface area (Å²) in [7, 11) is 1.88. The maximum Gasteiger partial charge on any atom is 0.0726 e. The highest BCUT2D eigenvalue weighted by Gasteiger charge is 2.28. The van der Waals surface area contributed by atoms with Crippen LogP contribution in [0.3, 0.4) is 0 Å². The second-order valence-corrected chi connectivity index (χ2v) is 4.47. The van der Waals surface area contributed by atoms with Crippen LogP contribution in [-0.2, 0) is 4.74 Å². The summed E-state index contributed by atoms with van der Waals surface area (Å²) in [4.78, 5) is 2.59. The second kappa shape index (κ2) is 4.43. The van der Waals surface area contributed by atoms with Crippen molar-refractivity contribution in [1.29, 1.82) is 0 Å². The van der Waals surface area contributed by atoms with Crippen molar-refractivity contribution >= 4 is 0 Å². The first-order valence-electron chi connectivity index (χ1n) is 5.65. The molecule has 2 aliphatic heterocycles. The molecular formula is C11H21NO. The number of hydrogen-bond acceptors (Lipinski definition) is 2. The molecule has 0 radical (unpaired) electrons. The Kier molecular flexibility index (Phi) is 3.23. The van der Waals surface area contributed by atoms with Gasteiger partial charge in [-0.1, -0.05) is 6.42 Å². The van der Waals surface area contributed by atoms with Gasteiger partial charge in [-0.25, -0.2) is 0 Å². The summed E-state index contributed by atoms with van der Waals surface area (Å²) >= 11 is 0. The van der Waals surface area contributed by atoms with Gasteiger partial charge in [0.25, 0.3) is 0 Å². The number of methoxy groups -OCH3 is 1. The molecule has 0 aliphatic carbocycles. The molecule has 0 aromatic carbocycles. The Labute approximate surface area is 81.3 Å². The van der Waals surface area contributed by atoms with Crippen LogP contribution in [0.25, 0.3) is 0 Å². The lowest BCUT2D eigenvalue weighted by molar-refractivity contribution is 0.0220. The van der Waals surface area contributed by atoms with Gasteiger partial charge in [0.15, 0.2) is 0 Å². The molecule has 76 valence electrons. The van der Waals surface area contributed by atoms with Crippen LogP contribution in [0.1, 0.15) is 32.1 Å². The first-order valence-corrected chi connectivity index (χ1v) is 5.65. The van der Waals surface area contributed by atoms with Crippen molar-refractivity contribution in [2.45, 2.75) is 38.2 Å². The van der Waals surface area contributed by atoms with Gasteiger partial charge in [-0.2, -0.15) is 0 Å². The van der Waals surface area contributed by atoms with Crippen LogP contribution in [0.4, 0.5) is 0 Å². The van der Waals surface area contributed by atoms with E-state index in [0.717, 1.165) is 5.92 Å². The van der Waals surface area contributed by atoms with Crippen molar-refractivity contribution in [1.82, 2.24) is 4.90 Å². The summed E-state index contributed by atoms with van der Waals surface area (Å²) in [6.07, 6.45) is 7.47. The average Bonchev–Trinajstić information content (AvgIpc) is 2.22. The normalized spacial score (nSPS) is 40.8. The summed E-state index contributed by atoms with van der Waals surface area (Å²) < 4.78 is 5.60. The molecule has 0 N–H and O–H groups in total. The third-order valence-corrected chi connectivity index (χ3v) is 3.62. The molecule has 2 bridgehead atoms. The molecule has 2 heteroatoms. The van der Waals surface area contributed by atoms with Gasteiger partial charge in [0, 0.05) is 13.7 Å².